The number of hydrogen-bond acceptors (Lipinski definition) is 11. The molecule has 10 unspecified atom stereocenters. The van der Waals surface area contributed by atoms with E-state index in [4.69, 9.17) is 24.7 Å². The highest BCUT2D eigenvalue weighted by Gasteiger charge is 2.56. The quantitative estimate of drug-likeness (QED) is 0.230. The van der Waals surface area contributed by atoms with Crippen molar-refractivity contribution in [3.8, 4) is 0 Å². The van der Waals surface area contributed by atoms with Crippen LogP contribution < -0.4 is 5.73 Å². The average molecular weight is 445 g/mol. The van der Waals surface area contributed by atoms with Crippen LogP contribution in [-0.4, -0.2) is 105 Å². The maximum atomic E-state index is 10.7. The van der Waals surface area contributed by atoms with Crippen molar-refractivity contribution in [1.82, 2.24) is 0 Å². The van der Waals surface area contributed by atoms with Crippen molar-refractivity contribution in [3.05, 3.63) is 35.9 Å². The predicted molar refractivity (Wildman–Crippen MR) is 104 cm³/mol. The zero-order valence-corrected chi connectivity index (χ0v) is 17.1. The minimum atomic E-state index is -1.77. The zero-order chi connectivity index (χ0) is 22.8. The molecule has 31 heavy (non-hydrogen) atoms. The van der Waals surface area contributed by atoms with Gasteiger partial charge in [-0.05, 0) is 12.5 Å². The summed E-state index contributed by atoms with van der Waals surface area (Å²) in [6, 6.07) is 7.87. The third-order valence-corrected chi connectivity index (χ3v) is 5.67. The highest BCUT2D eigenvalue weighted by Crippen LogP contribution is 2.36. The van der Waals surface area contributed by atoms with Crippen molar-refractivity contribution >= 4 is 0 Å². The smallest absolute Gasteiger partial charge is 0.197 e. The first-order chi connectivity index (χ1) is 14.7. The summed E-state index contributed by atoms with van der Waals surface area (Å²) in [4.78, 5) is 0. The minimum absolute atomic E-state index is 0.0551. The Morgan fingerprint density at radius 3 is 2.16 bits per heavy atom. The Morgan fingerprint density at radius 2 is 1.55 bits per heavy atom. The molecule has 2 aliphatic heterocycles. The number of benzene rings is 1. The molecule has 2 saturated heterocycles. The van der Waals surface area contributed by atoms with Crippen molar-refractivity contribution < 1.29 is 49.6 Å². The summed E-state index contributed by atoms with van der Waals surface area (Å²) in [5, 5.41) is 60.2. The van der Waals surface area contributed by atoms with E-state index < -0.39 is 74.1 Å². The first-order valence-electron chi connectivity index (χ1n) is 10.1. The van der Waals surface area contributed by atoms with E-state index in [2.05, 4.69) is 0 Å². The second-order valence-electron chi connectivity index (χ2n) is 7.96. The molecule has 3 rings (SSSR count). The van der Waals surface area contributed by atoms with E-state index in [1.807, 2.05) is 30.3 Å². The maximum Gasteiger partial charge on any atom is 0.197 e. The summed E-state index contributed by atoms with van der Waals surface area (Å²) in [6.07, 6.45) is -10.8. The van der Waals surface area contributed by atoms with Gasteiger partial charge in [0.1, 0.15) is 42.7 Å². The van der Waals surface area contributed by atoms with E-state index in [9.17, 15) is 30.6 Å². The van der Waals surface area contributed by atoms with Crippen LogP contribution >= 0.6 is 0 Å². The van der Waals surface area contributed by atoms with Crippen molar-refractivity contribution in [2.75, 3.05) is 13.2 Å². The number of ether oxygens (including phenoxy) is 4. The van der Waals surface area contributed by atoms with Crippen LogP contribution in [0.5, 0.6) is 0 Å². The fourth-order valence-electron chi connectivity index (χ4n) is 3.84. The van der Waals surface area contributed by atoms with Gasteiger partial charge < -0.3 is 55.3 Å². The molecule has 0 aromatic heterocycles. The topological polar surface area (TPSA) is 184 Å². The molecule has 1 aromatic rings. The fourth-order valence-corrected chi connectivity index (χ4v) is 3.84. The van der Waals surface area contributed by atoms with Crippen LogP contribution in [0.4, 0.5) is 0 Å². The Bertz CT molecular complexity index is 694. The molecule has 0 bridgehead atoms. The molecule has 2 fully saturated rings. The van der Waals surface area contributed by atoms with E-state index in [0.29, 0.717) is 0 Å². The van der Waals surface area contributed by atoms with E-state index in [1.165, 1.54) is 6.92 Å². The van der Waals surface area contributed by atoms with Gasteiger partial charge in [-0.3, -0.25) is 0 Å². The Balaban J connectivity index is 1.83. The lowest BCUT2D eigenvalue weighted by atomic mass is 9.92. The molecule has 0 aliphatic carbocycles. The molecule has 11 heteroatoms. The summed E-state index contributed by atoms with van der Waals surface area (Å²) >= 11 is 0. The number of aliphatic hydroxyl groups is 6. The Hall–Kier alpha value is -1.22. The molecular weight excluding hydrogens is 414 g/mol. The van der Waals surface area contributed by atoms with Crippen LogP contribution in [0.15, 0.2) is 30.3 Å². The summed E-state index contributed by atoms with van der Waals surface area (Å²) in [6.45, 7) is 0.263. The third kappa shape index (κ3) is 5.07. The van der Waals surface area contributed by atoms with Crippen LogP contribution in [0.2, 0.25) is 0 Å². The van der Waals surface area contributed by atoms with Gasteiger partial charge in [0.25, 0.3) is 0 Å². The summed E-state index contributed by atoms with van der Waals surface area (Å²) in [7, 11) is 0. The Labute approximate surface area is 179 Å². The van der Waals surface area contributed by atoms with Crippen molar-refractivity contribution in [1.29, 1.82) is 0 Å². The lowest BCUT2D eigenvalue weighted by Gasteiger charge is -2.51. The summed E-state index contributed by atoms with van der Waals surface area (Å²) in [5.74, 6) is -1.77. The molecule has 0 saturated carbocycles. The van der Waals surface area contributed by atoms with E-state index >= 15 is 0 Å². The molecule has 1 aromatic carbocycles. The average Bonchev–Trinajstić information content (AvgIpc) is 2.77. The molecule has 11 nitrogen and oxygen atoms in total. The Morgan fingerprint density at radius 1 is 0.935 bits per heavy atom. The van der Waals surface area contributed by atoms with Gasteiger partial charge in [0.15, 0.2) is 12.1 Å². The number of aliphatic hydroxyl groups excluding tert-OH is 6. The molecule has 8 N–H and O–H groups in total. The summed E-state index contributed by atoms with van der Waals surface area (Å²) < 4.78 is 22.9. The van der Waals surface area contributed by atoms with Gasteiger partial charge in [-0.15, -0.1) is 0 Å². The van der Waals surface area contributed by atoms with Crippen molar-refractivity contribution in [3.63, 3.8) is 0 Å². The molecule has 2 heterocycles. The predicted octanol–water partition coefficient (Wildman–Crippen LogP) is -2.82. The van der Waals surface area contributed by atoms with Crippen LogP contribution in [0.25, 0.3) is 0 Å². The highest BCUT2D eigenvalue weighted by molar-refractivity contribution is 5.13. The summed E-state index contributed by atoms with van der Waals surface area (Å²) in [5.41, 5.74) is 6.74. The molecule has 0 radical (unpaired) electrons. The van der Waals surface area contributed by atoms with Gasteiger partial charge in [0.2, 0.25) is 0 Å². The van der Waals surface area contributed by atoms with Crippen LogP contribution in [-0.2, 0) is 25.6 Å². The van der Waals surface area contributed by atoms with Crippen LogP contribution in [0.1, 0.15) is 12.5 Å². The van der Waals surface area contributed by atoms with Gasteiger partial charge in [0, 0.05) is 0 Å². The molecular formula is C20H31NO10. The lowest BCUT2D eigenvalue weighted by molar-refractivity contribution is -0.411. The SMILES string of the molecule is CC1(OC2OC(CO)C(O)C(O)C2N)OC(CO)C(O)C(O)C1OCc1ccccc1. The van der Waals surface area contributed by atoms with Crippen LogP contribution in [0, 0.1) is 0 Å². The first-order valence-corrected chi connectivity index (χ1v) is 10.1. The third-order valence-electron chi connectivity index (χ3n) is 5.67. The zero-order valence-electron chi connectivity index (χ0n) is 17.1. The van der Waals surface area contributed by atoms with Gasteiger partial charge >= 0.3 is 0 Å². The molecule has 10 atom stereocenters. The number of nitrogens with two attached hydrogens (primary N) is 1. The van der Waals surface area contributed by atoms with Gasteiger partial charge in [-0.25, -0.2) is 0 Å². The first kappa shape index (κ1) is 24.4. The molecule has 176 valence electrons. The number of hydrogen-bond donors (Lipinski definition) is 7. The maximum absolute atomic E-state index is 10.7. The van der Waals surface area contributed by atoms with Crippen molar-refractivity contribution in [2.24, 2.45) is 5.73 Å². The van der Waals surface area contributed by atoms with E-state index in [1.54, 1.807) is 0 Å². The largest absolute Gasteiger partial charge is 0.394 e. The lowest BCUT2D eigenvalue weighted by Crippen LogP contribution is -2.69. The number of rotatable bonds is 7. The molecule has 0 spiro atoms. The van der Waals surface area contributed by atoms with E-state index in [-0.39, 0.29) is 6.61 Å². The fraction of sp³-hybridized carbons (Fsp3) is 0.700. The molecule has 0 amide bonds. The highest BCUT2D eigenvalue weighted by atomic mass is 16.8. The molecule has 2 aliphatic rings. The minimum Gasteiger partial charge on any atom is -0.394 e. The van der Waals surface area contributed by atoms with E-state index in [0.717, 1.165) is 5.56 Å². The standard InChI is InChI=1S/C20H31NO10/c1-20(31-19-13(21)16(26)14(24)11(7-22)29-19)18(17(27)15(25)12(8-23)30-20)28-9-10-5-3-2-4-6-10/h2-6,11-19,22-27H,7-9,21H2,1H3. The Kier molecular flexibility index (Phi) is 8.00. The monoisotopic (exact) mass is 445 g/mol. The van der Waals surface area contributed by atoms with Gasteiger partial charge in [-0.1, -0.05) is 30.3 Å². The normalized spacial score (nSPS) is 43.7. The second-order valence-corrected chi connectivity index (χ2v) is 7.96. The van der Waals surface area contributed by atoms with Crippen molar-refractivity contribution in [2.45, 2.75) is 74.4 Å². The van der Waals surface area contributed by atoms with Gasteiger partial charge in [-0.2, -0.15) is 0 Å². The van der Waals surface area contributed by atoms with Gasteiger partial charge in [0.05, 0.1) is 25.9 Å². The second kappa shape index (κ2) is 10.1. The van der Waals surface area contributed by atoms with Crippen LogP contribution in [0.3, 0.4) is 0 Å².